The summed E-state index contributed by atoms with van der Waals surface area (Å²) in [6.07, 6.45) is 0. The Morgan fingerprint density at radius 3 is 1.88 bits per heavy atom. The Labute approximate surface area is 116 Å². The van der Waals surface area contributed by atoms with E-state index in [0.29, 0.717) is 10.0 Å². The van der Waals surface area contributed by atoms with Gasteiger partial charge in [-0.3, -0.25) is 0 Å². The molecule has 0 amide bonds. The molecule has 1 atom stereocenters. The molecule has 2 aromatic carbocycles. The van der Waals surface area contributed by atoms with E-state index in [0.717, 1.165) is 16.1 Å². The van der Waals surface area contributed by atoms with E-state index < -0.39 is 0 Å². The fourth-order valence-electron chi connectivity index (χ4n) is 1.84. The van der Waals surface area contributed by atoms with Gasteiger partial charge in [0, 0.05) is 21.0 Å². The molecule has 0 aliphatic heterocycles. The van der Waals surface area contributed by atoms with E-state index in [1.54, 1.807) is 0 Å². The topological polar surface area (TPSA) is 0 Å². The zero-order chi connectivity index (χ0) is 12.4. The van der Waals surface area contributed by atoms with Gasteiger partial charge in [0.15, 0.2) is 0 Å². The molecule has 0 nitrogen and oxygen atoms in total. The van der Waals surface area contributed by atoms with Crippen LogP contribution in [-0.4, -0.2) is 0 Å². The van der Waals surface area contributed by atoms with Crippen molar-refractivity contribution in [1.29, 1.82) is 0 Å². The smallest absolute Gasteiger partial charge is 0.0458 e. The van der Waals surface area contributed by atoms with Gasteiger partial charge in [-0.1, -0.05) is 59.9 Å². The largest absolute Gasteiger partial charge is 0.0843 e. The van der Waals surface area contributed by atoms with E-state index >= 15 is 0 Å². The van der Waals surface area contributed by atoms with Crippen LogP contribution in [0.2, 0.25) is 15.1 Å². The lowest BCUT2D eigenvalue weighted by Crippen LogP contribution is -1.97. The second-order valence-corrected chi connectivity index (χ2v) is 5.16. The minimum atomic E-state index is 0.147. The summed E-state index contributed by atoms with van der Waals surface area (Å²) >= 11 is 18.3. The van der Waals surface area contributed by atoms with E-state index in [1.807, 2.05) is 42.5 Å². The molecular formula is C14H11Cl3. The molecule has 0 radical (unpaired) electrons. The maximum atomic E-state index is 6.20. The van der Waals surface area contributed by atoms with Gasteiger partial charge in [0.25, 0.3) is 0 Å². The normalized spacial score (nSPS) is 12.5. The van der Waals surface area contributed by atoms with Crippen LogP contribution in [0.15, 0.2) is 42.5 Å². The predicted molar refractivity (Wildman–Crippen MR) is 75.4 cm³/mol. The Morgan fingerprint density at radius 2 is 1.35 bits per heavy atom. The van der Waals surface area contributed by atoms with Crippen molar-refractivity contribution >= 4 is 34.8 Å². The molecule has 1 unspecified atom stereocenters. The van der Waals surface area contributed by atoms with Crippen LogP contribution in [0.25, 0.3) is 0 Å². The van der Waals surface area contributed by atoms with Crippen LogP contribution in [-0.2, 0) is 0 Å². The van der Waals surface area contributed by atoms with E-state index in [9.17, 15) is 0 Å². The first kappa shape index (κ1) is 12.8. The van der Waals surface area contributed by atoms with Crippen molar-refractivity contribution in [2.24, 2.45) is 0 Å². The first-order chi connectivity index (χ1) is 8.09. The molecule has 0 saturated carbocycles. The highest BCUT2D eigenvalue weighted by Gasteiger charge is 2.15. The Kier molecular flexibility index (Phi) is 3.98. The maximum absolute atomic E-state index is 6.20. The lowest BCUT2D eigenvalue weighted by molar-refractivity contribution is 0.923. The van der Waals surface area contributed by atoms with E-state index in [2.05, 4.69) is 6.92 Å². The SMILES string of the molecule is CC(c1ccc(Cl)cc1)c1c(Cl)cccc1Cl. The molecule has 0 aliphatic carbocycles. The molecule has 17 heavy (non-hydrogen) atoms. The van der Waals surface area contributed by atoms with Gasteiger partial charge in [-0.15, -0.1) is 0 Å². The minimum absolute atomic E-state index is 0.147. The molecule has 0 saturated heterocycles. The molecule has 0 spiro atoms. The van der Waals surface area contributed by atoms with Crippen molar-refractivity contribution in [3.05, 3.63) is 68.7 Å². The van der Waals surface area contributed by atoms with Gasteiger partial charge in [0.2, 0.25) is 0 Å². The third kappa shape index (κ3) is 2.77. The third-order valence-electron chi connectivity index (χ3n) is 2.80. The second kappa shape index (κ2) is 5.30. The third-order valence-corrected chi connectivity index (χ3v) is 3.71. The van der Waals surface area contributed by atoms with E-state index in [4.69, 9.17) is 34.8 Å². The summed E-state index contributed by atoms with van der Waals surface area (Å²) in [6.45, 7) is 2.08. The molecule has 2 aromatic rings. The van der Waals surface area contributed by atoms with Crippen LogP contribution >= 0.6 is 34.8 Å². The average molecular weight is 286 g/mol. The lowest BCUT2D eigenvalue weighted by Gasteiger charge is -2.15. The minimum Gasteiger partial charge on any atom is -0.0843 e. The Hall–Kier alpha value is -0.690. The van der Waals surface area contributed by atoms with Gasteiger partial charge in [-0.25, -0.2) is 0 Å². The standard InChI is InChI=1S/C14H11Cl3/c1-9(10-5-7-11(15)8-6-10)14-12(16)3-2-4-13(14)17/h2-9H,1H3. The summed E-state index contributed by atoms with van der Waals surface area (Å²) in [4.78, 5) is 0. The molecule has 0 heterocycles. The monoisotopic (exact) mass is 284 g/mol. The molecule has 0 aliphatic rings. The zero-order valence-corrected chi connectivity index (χ0v) is 11.5. The molecule has 0 N–H and O–H groups in total. The van der Waals surface area contributed by atoms with Crippen molar-refractivity contribution in [3.8, 4) is 0 Å². The number of halogens is 3. The number of hydrogen-bond acceptors (Lipinski definition) is 0. The molecule has 0 fully saturated rings. The molecular weight excluding hydrogens is 275 g/mol. The maximum Gasteiger partial charge on any atom is 0.0458 e. The summed E-state index contributed by atoms with van der Waals surface area (Å²) in [5.74, 6) is 0.147. The van der Waals surface area contributed by atoms with Gasteiger partial charge in [-0.05, 0) is 35.4 Å². The van der Waals surface area contributed by atoms with Crippen molar-refractivity contribution in [1.82, 2.24) is 0 Å². The van der Waals surface area contributed by atoms with Crippen molar-refractivity contribution in [2.45, 2.75) is 12.8 Å². The fraction of sp³-hybridized carbons (Fsp3) is 0.143. The Morgan fingerprint density at radius 1 is 0.824 bits per heavy atom. The van der Waals surface area contributed by atoms with Gasteiger partial charge in [0.1, 0.15) is 0 Å². The summed E-state index contributed by atoms with van der Waals surface area (Å²) in [5, 5.41) is 2.12. The molecule has 0 aromatic heterocycles. The quantitative estimate of drug-likeness (QED) is 0.654. The van der Waals surface area contributed by atoms with Crippen molar-refractivity contribution in [3.63, 3.8) is 0 Å². The highest BCUT2D eigenvalue weighted by atomic mass is 35.5. The fourth-order valence-corrected chi connectivity index (χ4v) is 2.69. The Balaban J connectivity index is 2.43. The zero-order valence-electron chi connectivity index (χ0n) is 9.25. The summed E-state index contributed by atoms with van der Waals surface area (Å²) in [7, 11) is 0. The van der Waals surface area contributed by atoms with E-state index in [-0.39, 0.29) is 5.92 Å². The summed E-state index contributed by atoms with van der Waals surface area (Å²) in [5.41, 5.74) is 2.10. The highest BCUT2D eigenvalue weighted by Crippen LogP contribution is 2.35. The van der Waals surface area contributed by atoms with Crippen LogP contribution in [0.3, 0.4) is 0 Å². The van der Waals surface area contributed by atoms with Crippen LogP contribution in [0, 0.1) is 0 Å². The van der Waals surface area contributed by atoms with Crippen LogP contribution in [0.5, 0.6) is 0 Å². The van der Waals surface area contributed by atoms with Crippen molar-refractivity contribution < 1.29 is 0 Å². The van der Waals surface area contributed by atoms with Crippen LogP contribution in [0.1, 0.15) is 24.0 Å². The van der Waals surface area contributed by atoms with Crippen molar-refractivity contribution in [2.75, 3.05) is 0 Å². The highest BCUT2D eigenvalue weighted by molar-refractivity contribution is 6.36. The Bertz CT molecular complexity index is 497. The van der Waals surface area contributed by atoms with Gasteiger partial charge < -0.3 is 0 Å². The van der Waals surface area contributed by atoms with Crippen LogP contribution in [0.4, 0.5) is 0 Å². The molecule has 0 bridgehead atoms. The molecule has 88 valence electrons. The van der Waals surface area contributed by atoms with E-state index in [1.165, 1.54) is 0 Å². The second-order valence-electron chi connectivity index (χ2n) is 3.91. The van der Waals surface area contributed by atoms with Gasteiger partial charge >= 0.3 is 0 Å². The summed E-state index contributed by atoms with van der Waals surface area (Å²) < 4.78 is 0. The molecule has 2 rings (SSSR count). The lowest BCUT2D eigenvalue weighted by atomic mass is 9.93. The number of rotatable bonds is 2. The summed E-state index contributed by atoms with van der Waals surface area (Å²) in [6, 6.07) is 13.3. The first-order valence-electron chi connectivity index (χ1n) is 5.29. The first-order valence-corrected chi connectivity index (χ1v) is 6.42. The van der Waals surface area contributed by atoms with Gasteiger partial charge in [0.05, 0.1) is 0 Å². The number of hydrogen-bond donors (Lipinski definition) is 0. The average Bonchev–Trinajstić information content (AvgIpc) is 2.29. The molecule has 3 heteroatoms. The van der Waals surface area contributed by atoms with Gasteiger partial charge in [-0.2, -0.15) is 0 Å². The predicted octanol–water partition coefficient (Wildman–Crippen LogP) is 5.80. The number of benzene rings is 2. The van der Waals surface area contributed by atoms with Crippen LogP contribution < -0.4 is 0 Å².